The minimum absolute atomic E-state index is 0.171. The maximum atomic E-state index is 11.1. The first-order chi connectivity index (χ1) is 10.0. The Kier molecular flexibility index (Phi) is 3.79. The van der Waals surface area contributed by atoms with Gasteiger partial charge in [0.15, 0.2) is 0 Å². The zero-order valence-electron chi connectivity index (χ0n) is 11.7. The van der Waals surface area contributed by atoms with E-state index in [2.05, 4.69) is 19.8 Å². The molecule has 0 aliphatic carbocycles. The molecule has 2 aromatic heterocycles. The number of nitrogens with one attached hydrogen (secondary N) is 1. The maximum Gasteiger partial charge on any atom is 0.209 e. The Balaban J connectivity index is 1.66. The second kappa shape index (κ2) is 5.58. The molecule has 1 aliphatic rings. The van der Waals surface area contributed by atoms with E-state index < -0.39 is 10.0 Å². The average molecular weight is 311 g/mol. The number of nitrogens with zero attached hydrogens (tertiary/aromatic N) is 4. The summed E-state index contributed by atoms with van der Waals surface area (Å²) in [7, 11) is -3.23. The van der Waals surface area contributed by atoms with E-state index >= 15 is 0 Å². The fourth-order valence-corrected chi connectivity index (χ4v) is 2.74. The van der Waals surface area contributed by atoms with Gasteiger partial charge < -0.3 is 8.98 Å². The van der Waals surface area contributed by atoms with E-state index in [-0.39, 0.29) is 6.54 Å². The van der Waals surface area contributed by atoms with Crippen molar-refractivity contribution >= 4 is 10.0 Å². The first kappa shape index (κ1) is 14.2. The average Bonchev–Trinajstić information content (AvgIpc) is 3.04. The van der Waals surface area contributed by atoms with Crippen molar-refractivity contribution in [3.8, 4) is 0 Å². The lowest BCUT2D eigenvalue weighted by atomic mass is 10.3. The van der Waals surface area contributed by atoms with Gasteiger partial charge >= 0.3 is 0 Å². The van der Waals surface area contributed by atoms with Gasteiger partial charge in [0.2, 0.25) is 10.0 Å². The van der Waals surface area contributed by atoms with Crippen molar-refractivity contribution in [2.75, 3.05) is 12.8 Å². The first-order valence-electron chi connectivity index (χ1n) is 6.61. The van der Waals surface area contributed by atoms with E-state index in [1.165, 1.54) is 0 Å². The Morgan fingerprint density at radius 3 is 2.95 bits per heavy atom. The van der Waals surface area contributed by atoms with Crippen molar-refractivity contribution in [1.82, 2.24) is 24.4 Å². The molecule has 0 atom stereocenters. The summed E-state index contributed by atoms with van der Waals surface area (Å²) in [5, 5.41) is 8.21. The second-order valence-electron chi connectivity index (χ2n) is 5.07. The minimum Gasteiger partial charge on any atom is -0.468 e. The number of hydrogen-bond donors (Lipinski definition) is 1. The van der Waals surface area contributed by atoms with Gasteiger partial charge in [0.1, 0.15) is 17.4 Å². The zero-order chi connectivity index (χ0) is 14.9. The smallest absolute Gasteiger partial charge is 0.209 e. The van der Waals surface area contributed by atoms with Crippen molar-refractivity contribution in [1.29, 1.82) is 0 Å². The van der Waals surface area contributed by atoms with Gasteiger partial charge in [-0.15, -0.1) is 10.2 Å². The Bertz CT molecular complexity index is 707. The summed E-state index contributed by atoms with van der Waals surface area (Å²) in [4.78, 5) is 2.22. The van der Waals surface area contributed by atoms with Crippen LogP contribution < -0.4 is 4.72 Å². The molecule has 0 saturated carbocycles. The number of fused-ring (bicyclic) bond motifs is 1. The van der Waals surface area contributed by atoms with E-state index in [0.29, 0.717) is 12.4 Å². The summed E-state index contributed by atoms with van der Waals surface area (Å²) in [6, 6.07) is 3.82. The van der Waals surface area contributed by atoms with Crippen LogP contribution in [0.2, 0.25) is 0 Å². The van der Waals surface area contributed by atoms with Gasteiger partial charge in [0.25, 0.3) is 0 Å². The predicted octanol–water partition coefficient (Wildman–Crippen LogP) is -0.0639. The van der Waals surface area contributed by atoms with E-state index in [4.69, 9.17) is 4.42 Å². The Morgan fingerprint density at radius 2 is 2.24 bits per heavy atom. The molecular formula is C12H17N5O3S. The molecule has 0 unspecified atom stereocenters. The number of hydrogen-bond acceptors (Lipinski definition) is 6. The maximum absolute atomic E-state index is 11.1. The van der Waals surface area contributed by atoms with Gasteiger partial charge in [0, 0.05) is 13.1 Å². The molecule has 1 aliphatic heterocycles. The topological polar surface area (TPSA) is 93.3 Å². The summed E-state index contributed by atoms with van der Waals surface area (Å²) in [6.45, 7) is 3.16. The molecular weight excluding hydrogens is 294 g/mol. The summed E-state index contributed by atoms with van der Waals surface area (Å²) in [6.07, 6.45) is 2.79. The lowest BCUT2D eigenvalue weighted by Crippen LogP contribution is -2.34. The monoisotopic (exact) mass is 311 g/mol. The SMILES string of the molecule is CS(=O)(=O)NCc1nnc2n1CCN(Cc1ccco1)C2. The quantitative estimate of drug-likeness (QED) is 0.831. The molecule has 0 aromatic carbocycles. The molecule has 2 aromatic rings. The van der Waals surface area contributed by atoms with Crippen LogP contribution in [0.1, 0.15) is 17.4 Å². The molecule has 3 heterocycles. The number of rotatable bonds is 5. The third kappa shape index (κ3) is 3.49. The van der Waals surface area contributed by atoms with Gasteiger partial charge in [-0.05, 0) is 12.1 Å². The molecule has 0 fully saturated rings. The van der Waals surface area contributed by atoms with Crippen molar-refractivity contribution in [3.63, 3.8) is 0 Å². The van der Waals surface area contributed by atoms with Gasteiger partial charge in [-0.1, -0.05) is 0 Å². The predicted molar refractivity (Wildman–Crippen MR) is 74.5 cm³/mol. The van der Waals surface area contributed by atoms with Gasteiger partial charge in [-0.25, -0.2) is 13.1 Å². The summed E-state index contributed by atoms with van der Waals surface area (Å²) >= 11 is 0. The van der Waals surface area contributed by atoms with Crippen molar-refractivity contribution in [3.05, 3.63) is 35.8 Å². The van der Waals surface area contributed by atoms with Crippen LogP contribution in [0.3, 0.4) is 0 Å². The van der Waals surface area contributed by atoms with E-state index in [0.717, 1.165) is 37.5 Å². The van der Waals surface area contributed by atoms with Crippen LogP contribution in [0.25, 0.3) is 0 Å². The summed E-state index contributed by atoms with van der Waals surface area (Å²) in [5.74, 6) is 2.41. The highest BCUT2D eigenvalue weighted by Gasteiger charge is 2.22. The van der Waals surface area contributed by atoms with Crippen LogP contribution in [0.5, 0.6) is 0 Å². The van der Waals surface area contributed by atoms with E-state index in [9.17, 15) is 8.42 Å². The molecule has 0 spiro atoms. The first-order valence-corrected chi connectivity index (χ1v) is 8.51. The van der Waals surface area contributed by atoms with E-state index in [1.54, 1.807) is 6.26 Å². The lowest BCUT2D eigenvalue weighted by Gasteiger charge is -2.26. The van der Waals surface area contributed by atoms with Gasteiger partial charge in [-0.3, -0.25) is 4.90 Å². The highest BCUT2D eigenvalue weighted by Crippen LogP contribution is 2.15. The van der Waals surface area contributed by atoms with Gasteiger partial charge in [-0.2, -0.15) is 0 Å². The molecule has 0 saturated heterocycles. The molecule has 0 radical (unpaired) electrons. The molecule has 1 N–H and O–H groups in total. The fraction of sp³-hybridized carbons (Fsp3) is 0.500. The number of furan rings is 1. The largest absolute Gasteiger partial charge is 0.468 e. The Hall–Kier alpha value is -1.71. The highest BCUT2D eigenvalue weighted by molar-refractivity contribution is 7.88. The standard InChI is InChI=1S/C12H17N5O3S/c1-21(18,19)13-7-11-14-15-12-9-16(4-5-17(11)12)8-10-3-2-6-20-10/h2-3,6,13H,4-5,7-9H2,1H3. The lowest BCUT2D eigenvalue weighted by molar-refractivity contribution is 0.192. The Morgan fingerprint density at radius 1 is 1.38 bits per heavy atom. The normalized spacial score (nSPS) is 16.0. The molecule has 0 bridgehead atoms. The van der Waals surface area contributed by atoms with Crippen LogP contribution >= 0.6 is 0 Å². The van der Waals surface area contributed by atoms with Crippen LogP contribution in [0, 0.1) is 0 Å². The van der Waals surface area contributed by atoms with Crippen molar-refractivity contribution in [2.24, 2.45) is 0 Å². The number of aromatic nitrogens is 3. The highest BCUT2D eigenvalue weighted by atomic mass is 32.2. The zero-order valence-corrected chi connectivity index (χ0v) is 12.5. The molecule has 0 amide bonds. The van der Waals surface area contributed by atoms with Gasteiger partial charge in [0.05, 0.1) is 32.2 Å². The minimum atomic E-state index is -3.23. The van der Waals surface area contributed by atoms with E-state index in [1.807, 2.05) is 16.7 Å². The van der Waals surface area contributed by atoms with Crippen LogP contribution in [0.15, 0.2) is 22.8 Å². The second-order valence-corrected chi connectivity index (χ2v) is 6.90. The van der Waals surface area contributed by atoms with Crippen molar-refractivity contribution in [2.45, 2.75) is 26.2 Å². The van der Waals surface area contributed by atoms with Crippen molar-refractivity contribution < 1.29 is 12.8 Å². The molecule has 3 rings (SSSR count). The van der Waals surface area contributed by atoms with Crippen LogP contribution in [-0.2, 0) is 36.2 Å². The summed E-state index contributed by atoms with van der Waals surface area (Å²) in [5.41, 5.74) is 0. The Labute approximate surface area is 122 Å². The molecule has 9 heteroatoms. The third-order valence-corrected chi connectivity index (χ3v) is 4.03. The van der Waals surface area contributed by atoms with Crippen LogP contribution in [-0.4, -0.2) is 40.9 Å². The summed E-state index contributed by atoms with van der Waals surface area (Å²) < 4.78 is 32.0. The fourth-order valence-electron chi connectivity index (χ4n) is 2.35. The molecule has 8 nitrogen and oxygen atoms in total. The van der Waals surface area contributed by atoms with Crippen LogP contribution in [0.4, 0.5) is 0 Å². The number of sulfonamides is 1. The molecule has 21 heavy (non-hydrogen) atoms. The molecule has 114 valence electrons. The third-order valence-electron chi connectivity index (χ3n) is 3.36.